The van der Waals surface area contributed by atoms with Crippen LogP contribution in [0.3, 0.4) is 0 Å². The Morgan fingerprint density at radius 3 is 2.74 bits per heavy atom. The Morgan fingerprint density at radius 1 is 1.33 bits per heavy atom. The van der Waals surface area contributed by atoms with E-state index in [-0.39, 0.29) is 23.9 Å². The summed E-state index contributed by atoms with van der Waals surface area (Å²) in [5.74, 6) is 5.98. The van der Waals surface area contributed by atoms with Crippen LogP contribution < -0.4 is 0 Å². The van der Waals surface area contributed by atoms with E-state index >= 15 is 0 Å². The first kappa shape index (κ1) is 19.6. The number of thiophene rings is 1. The fourth-order valence-corrected chi connectivity index (χ4v) is 4.31. The molecule has 0 saturated carbocycles. The van der Waals surface area contributed by atoms with Crippen molar-refractivity contribution in [1.82, 2.24) is 14.7 Å². The molecule has 0 aromatic carbocycles. The van der Waals surface area contributed by atoms with Gasteiger partial charge in [-0.05, 0) is 32.6 Å². The van der Waals surface area contributed by atoms with Gasteiger partial charge in [0.25, 0.3) is 5.91 Å². The number of carbonyl (C=O) groups excluding carboxylic acids is 2. The van der Waals surface area contributed by atoms with Crippen LogP contribution in [0.5, 0.6) is 0 Å². The van der Waals surface area contributed by atoms with Gasteiger partial charge in [-0.3, -0.25) is 9.59 Å². The minimum Gasteiger partial charge on any atom is -0.372 e. The number of methoxy groups -OCH3 is 1. The van der Waals surface area contributed by atoms with Gasteiger partial charge in [0.1, 0.15) is 6.61 Å². The Kier molecular flexibility index (Phi) is 6.32. The average molecular weight is 388 g/mol. The maximum Gasteiger partial charge on any atom is 0.264 e. The Morgan fingerprint density at radius 2 is 2.07 bits per heavy atom. The summed E-state index contributed by atoms with van der Waals surface area (Å²) in [6.07, 6.45) is 4.52. The maximum absolute atomic E-state index is 12.8. The van der Waals surface area contributed by atoms with Crippen LogP contribution in [0.15, 0.2) is 24.3 Å². The van der Waals surface area contributed by atoms with Crippen molar-refractivity contribution >= 4 is 23.2 Å². The van der Waals surface area contributed by atoms with Crippen molar-refractivity contribution in [2.45, 2.75) is 18.5 Å². The summed E-state index contributed by atoms with van der Waals surface area (Å²) < 4.78 is 4.91. The second kappa shape index (κ2) is 8.70. The second-order valence-corrected chi connectivity index (χ2v) is 8.15. The lowest BCUT2D eigenvalue weighted by molar-refractivity contribution is -0.146. The van der Waals surface area contributed by atoms with Crippen molar-refractivity contribution in [2.75, 3.05) is 47.4 Å². The summed E-state index contributed by atoms with van der Waals surface area (Å²) in [5.41, 5.74) is 0. The van der Waals surface area contributed by atoms with Crippen molar-refractivity contribution in [1.29, 1.82) is 0 Å². The lowest BCUT2D eigenvalue weighted by Gasteiger charge is -2.55. The van der Waals surface area contributed by atoms with Gasteiger partial charge in [-0.2, -0.15) is 0 Å². The van der Waals surface area contributed by atoms with E-state index < -0.39 is 0 Å². The quantitative estimate of drug-likeness (QED) is 0.564. The van der Waals surface area contributed by atoms with Gasteiger partial charge in [0.05, 0.1) is 21.8 Å². The van der Waals surface area contributed by atoms with Crippen LogP contribution in [0.4, 0.5) is 0 Å². The van der Waals surface area contributed by atoms with Crippen molar-refractivity contribution in [3.05, 3.63) is 34.0 Å². The smallest absolute Gasteiger partial charge is 0.264 e. The van der Waals surface area contributed by atoms with Crippen LogP contribution in [0.1, 0.15) is 21.0 Å². The largest absolute Gasteiger partial charge is 0.372 e. The number of fused-ring (bicyclic) bond motifs is 2. The fourth-order valence-electron chi connectivity index (χ4n) is 3.46. The molecule has 2 bridgehead atoms. The molecule has 7 heteroatoms. The number of hydrogen-bond acceptors (Lipinski definition) is 5. The van der Waals surface area contributed by atoms with E-state index in [2.05, 4.69) is 11.8 Å². The fraction of sp³-hybridized carbons (Fsp3) is 0.500. The molecule has 3 fully saturated rings. The number of piperazine rings is 1. The highest BCUT2D eigenvalue weighted by atomic mass is 32.1. The van der Waals surface area contributed by atoms with E-state index in [1.54, 1.807) is 13.2 Å². The summed E-state index contributed by atoms with van der Waals surface area (Å²) >= 11 is 1.41. The number of hydrogen-bond donors (Lipinski definition) is 0. The van der Waals surface area contributed by atoms with Crippen molar-refractivity contribution in [3.8, 4) is 11.8 Å². The normalized spacial score (nSPS) is 21.2. The number of ether oxygens (including phenoxy) is 1. The van der Waals surface area contributed by atoms with Gasteiger partial charge in [-0.1, -0.05) is 17.9 Å². The van der Waals surface area contributed by atoms with Crippen molar-refractivity contribution in [3.63, 3.8) is 0 Å². The molecule has 4 rings (SSSR count). The summed E-state index contributed by atoms with van der Waals surface area (Å²) in [4.78, 5) is 32.5. The van der Waals surface area contributed by atoms with Crippen LogP contribution >= 0.6 is 11.3 Å². The van der Waals surface area contributed by atoms with Crippen molar-refractivity contribution < 1.29 is 14.3 Å². The highest BCUT2D eigenvalue weighted by Crippen LogP contribution is 2.33. The van der Waals surface area contributed by atoms with Gasteiger partial charge in [0.15, 0.2) is 0 Å². The average Bonchev–Trinajstić information content (AvgIpc) is 3.10. The monoisotopic (exact) mass is 387 g/mol. The molecular formula is C20H25N3O3S. The molecule has 1 aromatic heterocycles. The van der Waals surface area contributed by atoms with Gasteiger partial charge >= 0.3 is 0 Å². The van der Waals surface area contributed by atoms with Crippen LogP contribution in [0.2, 0.25) is 0 Å². The molecule has 3 aliphatic rings. The molecule has 2 amide bonds. The Hall–Kier alpha value is -2.14. The van der Waals surface area contributed by atoms with Crippen LogP contribution in [-0.4, -0.2) is 86.0 Å². The van der Waals surface area contributed by atoms with E-state index in [1.807, 2.05) is 47.0 Å². The van der Waals surface area contributed by atoms with Crippen LogP contribution in [0.25, 0.3) is 0 Å². The molecule has 6 nitrogen and oxygen atoms in total. The summed E-state index contributed by atoms with van der Waals surface area (Å²) in [6.45, 7) is 2.33. The molecule has 1 aromatic rings. The van der Waals surface area contributed by atoms with Crippen molar-refractivity contribution in [2.24, 2.45) is 0 Å². The van der Waals surface area contributed by atoms with Gasteiger partial charge in [-0.25, -0.2) is 0 Å². The van der Waals surface area contributed by atoms with Gasteiger partial charge in [-0.15, -0.1) is 11.3 Å². The van der Waals surface area contributed by atoms with Gasteiger partial charge < -0.3 is 19.4 Å². The number of likely N-dealkylation sites (N-methyl/N-ethyl adjacent to an activating group) is 1. The van der Waals surface area contributed by atoms with Crippen LogP contribution in [-0.2, 0) is 9.53 Å². The molecule has 4 heterocycles. The molecule has 2 atom stereocenters. The third kappa shape index (κ3) is 4.59. The predicted octanol–water partition coefficient (Wildman–Crippen LogP) is 1.29. The number of amides is 2. The topological polar surface area (TPSA) is 53.1 Å². The predicted molar refractivity (Wildman–Crippen MR) is 106 cm³/mol. The second-order valence-electron chi connectivity index (χ2n) is 7.06. The van der Waals surface area contributed by atoms with E-state index in [4.69, 9.17) is 4.74 Å². The molecule has 144 valence electrons. The number of carbonyl (C=O) groups is 2. The SMILES string of the molecule is COCC#Cc1ccc(C(=O)N2CC3CC(C2)N3C(=O)/C=C/CN(C)C)s1. The third-order valence-electron chi connectivity index (χ3n) is 4.71. The first-order valence-corrected chi connectivity index (χ1v) is 9.81. The Balaban J connectivity index is 1.56. The molecule has 0 aliphatic carbocycles. The van der Waals surface area contributed by atoms with E-state index in [0.29, 0.717) is 24.6 Å². The molecular weight excluding hydrogens is 362 g/mol. The third-order valence-corrected chi connectivity index (χ3v) is 5.70. The summed E-state index contributed by atoms with van der Waals surface area (Å²) in [7, 11) is 5.54. The minimum absolute atomic E-state index is 0.0322. The van der Waals surface area contributed by atoms with E-state index in [0.717, 1.165) is 17.8 Å². The highest BCUT2D eigenvalue weighted by Gasteiger charge is 2.47. The number of nitrogens with zero attached hydrogens (tertiary/aromatic N) is 3. The van der Waals surface area contributed by atoms with E-state index in [1.165, 1.54) is 11.3 Å². The van der Waals surface area contributed by atoms with Gasteiger partial charge in [0, 0.05) is 32.8 Å². The molecule has 0 radical (unpaired) electrons. The summed E-state index contributed by atoms with van der Waals surface area (Å²) in [5, 5.41) is 0. The maximum atomic E-state index is 12.8. The molecule has 3 saturated heterocycles. The first-order chi connectivity index (χ1) is 13.0. The molecule has 2 unspecified atom stereocenters. The van der Waals surface area contributed by atoms with Gasteiger partial charge in [0.2, 0.25) is 5.91 Å². The number of rotatable bonds is 5. The molecule has 0 spiro atoms. The highest BCUT2D eigenvalue weighted by molar-refractivity contribution is 7.14. The lowest BCUT2D eigenvalue weighted by atomic mass is 9.87. The summed E-state index contributed by atoms with van der Waals surface area (Å²) in [6, 6.07) is 3.96. The molecule has 3 aliphatic heterocycles. The Labute approximate surface area is 164 Å². The van der Waals surface area contributed by atoms with E-state index in [9.17, 15) is 9.59 Å². The first-order valence-electron chi connectivity index (χ1n) is 9.00. The van der Waals surface area contributed by atoms with Crippen LogP contribution in [0, 0.1) is 11.8 Å². The Bertz CT molecular complexity index is 778. The standard InChI is InChI=1S/C20H25N3O3S/c1-21(2)10-4-7-19(24)23-15-12-16(23)14-22(13-15)20(25)18-9-8-17(27-18)6-5-11-26-3/h4,7-9,15-16H,10-14H2,1-3H3/b7-4+. The zero-order valence-electron chi connectivity index (χ0n) is 16.0. The lowest BCUT2D eigenvalue weighted by Crippen LogP contribution is -2.70. The minimum atomic E-state index is 0.0322. The zero-order valence-corrected chi connectivity index (χ0v) is 16.8. The molecule has 0 N–H and O–H groups in total. The zero-order chi connectivity index (χ0) is 19.4. The number of piperidine rings is 1. The molecule has 27 heavy (non-hydrogen) atoms.